The molecule has 5 aromatic rings. The average Bonchev–Trinajstić information content (AvgIpc) is 3.31. The van der Waals surface area contributed by atoms with Gasteiger partial charge in [-0.05, 0) is 73.9 Å². The summed E-state index contributed by atoms with van der Waals surface area (Å²) in [7, 11) is 0. The van der Waals surface area contributed by atoms with E-state index in [-0.39, 0.29) is 0 Å². The Labute approximate surface area is 230 Å². The summed E-state index contributed by atoms with van der Waals surface area (Å²) in [6.45, 7) is 4.01. The molecule has 1 aliphatic carbocycles. The maximum atomic E-state index is 9.32. The first-order valence-corrected chi connectivity index (χ1v) is 13.1. The summed E-state index contributed by atoms with van der Waals surface area (Å²) < 4.78 is 0. The highest BCUT2D eigenvalue weighted by Gasteiger charge is 2.46. The number of hydrogen-bond acceptors (Lipinski definition) is 2. The van der Waals surface area contributed by atoms with Gasteiger partial charge in [0.25, 0.3) is 0 Å². The van der Waals surface area contributed by atoms with Crippen LogP contribution >= 0.6 is 0 Å². The molecule has 0 bridgehead atoms. The Balaban J connectivity index is 1.69. The zero-order chi connectivity index (χ0) is 26.8. The van der Waals surface area contributed by atoms with Gasteiger partial charge in [-0.25, -0.2) is 0 Å². The number of nitrogens with zero attached hydrogens (tertiary/aromatic N) is 1. The highest BCUT2D eigenvalue weighted by molar-refractivity contribution is 5.91. The van der Waals surface area contributed by atoms with Crippen LogP contribution in [0.25, 0.3) is 27.8 Å². The lowest BCUT2D eigenvalue weighted by atomic mass is 9.67. The van der Waals surface area contributed by atoms with Crippen molar-refractivity contribution in [3.05, 3.63) is 174 Å². The van der Waals surface area contributed by atoms with Crippen molar-refractivity contribution in [3.63, 3.8) is 0 Å². The lowest BCUT2D eigenvalue weighted by Crippen LogP contribution is -2.28. The van der Waals surface area contributed by atoms with E-state index in [0.29, 0.717) is 0 Å². The Hall–Kier alpha value is -4.97. The zero-order valence-electron chi connectivity index (χ0n) is 21.6. The molecule has 0 aromatic heterocycles. The molecule has 186 valence electrons. The first-order chi connectivity index (χ1) is 19.2. The summed E-state index contributed by atoms with van der Waals surface area (Å²) in [6.07, 6.45) is 3.55. The molecule has 1 atom stereocenters. The monoisotopic (exact) mass is 500 g/mol. The fourth-order valence-corrected chi connectivity index (χ4v) is 6.00. The summed E-state index contributed by atoms with van der Waals surface area (Å²) in [5.41, 5.74) is 17.0. The Bertz CT molecular complexity index is 1690. The van der Waals surface area contributed by atoms with Crippen molar-refractivity contribution in [2.45, 2.75) is 11.5 Å². The average molecular weight is 501 g/mol. The lowest BCUT2D eigenvalue weighted by molar-refractivity contribution is 0.768. The minimum Gasteiger partial charge on any atom is -0.313 e. The maximum Gasteiger partial charge on any atom is 0.112 e. The van der Waals surface area contributed by atoms with Gasteiger partial charge < -0.3 is 5.73 Å². The molecule has 0 saturated carbocycles. The van der Waals surface area contributed by atoms with Crippen LogP contribution in [-0.2, 0) is 5.41 Å². The molecule has 0 heterocycles. The number of rotatable bonds is 6. The lowest BCUT2D eigenvalue weighted by Gasteiger charge is -2.34. The van der Waals surface area contributed by atoms with Crippen LogP contribution in [0.5, 0.6) is 0 Å². The second kappa shape index (κ2) is 10.1. The van der Waals surface area contributed by atoms with E-state index in [1.54, 1.807) is 12.2 Å². The number of nitriles is 1. The molecule has 6 rings (SSSR count). The molecule has 2 heteroatoms. The largest absolute Gasteiger partial charge is 0.313 e. The van der Waals surface area contributed by atoms with Crippen LogP contribution in [0, 0.1) is 11.3 Å². The smallest absolute Gasteiger partial charge is 0.112 e. The van der Waals surface area contributed by atoms with E-state index in [4.69, 9.17) is 5.73 Å². The summed E-state index contributed by atoms with van der Waals surface area (Å²) in [4.78, 5) is 0. The highest BCUT2D eigenvalue weighted by atomic mass is 14.6. The Morgan fingerprint density at radius 3 is 1.79 bits per heavy atom. The molecule has 0 aliphatic heterocycles. The van der Waals surface area contributed by atoms with Gasteiger partial charge in [0, 0.05) is 0 Å². The number of nitrogens with two attached hydrogens (primary N) is 1. The molecule has 2 nitrogen and oxygen atoms in total. The van der Waals surface area contributed by atoms with Crippen molar-refractivity contribution in [1.29, 1.82) is 5.26 Å². The Kier molecular flexibility index (Phi) is 6.29. The van der Waals surface area contributed by atoms with Crippen LogP contribution in [-0.4, -0.2) is 6.04 Å². The van der Waals surface area contributed by atoms with Crippen molar-refractivity contribution in [2.75, 3.05) is 0 Å². The van der Waals surface area contributed by atoms with Crippen molar-refractivity contribution in [2.24, 2.45) is 5.73 Å². The fourth-order valence-electron chi connectivity index (χ4n) is 6.00. The molecule has 1 unspecified atom stereocenters. The van der Waals surface area contributed by atoms with Gasteiger partial charge in [-0.15, -0.1) is 0 Å². The third-order valence-electron chi connectivity index (χ3n) is 7.72. The molecular weight excluding hydrogens is 472 g/mol. The first kappa shape index (κ1) is 24.4. The molecule has 0 amide bonds. The van der Waals surface area contributed by atoms with Crippen LogP contribution in [0.4, 0.5) is 0 Å². The van der Waals surface area contributed by atoms with Gasteiger partial charge in [0.15, 0.2) is 0 Å². The van der Waals surface area contributed by atoms with Crippen molar-refractivity contribution in [1.82, 2.24) is 0 Å². The van der Waals surface area contributed by atoms with E-state index < -0.39 is 11.5 Å². The van der Waals surface area contributed by atoms with Crippen LogP contribution in [0.1, 0.15) is 27.8 Å². The van der Waals surface area contributed by atoms with E-state index in [2.05, 4.69) is 134 Å². The second-order valence-corrected chi connectivity index (χ2v) is 9.85. The van der Waals surface area contributed by atoms with E-state index in [1.165, 1.54) is 44.5 Å². The van der Waals surface area contributed by atoms with Crippen molar-refractivity contribution < 1.29 is 0 Å². The van der Waals surface area contributed by atoms with E-state index in [1.807, 2.05) is 6.07 Å². The zero-order valence-corrected chi connectivity index (χ0v) is 21.6. The Morgan fingerprint density at radius 2 is 1.23 bits per heavy atom. The first-order valence-electron chi connectivity index (χ1n) is 13.1. The van der Waals surface area contributed by atoms with Gasteiger partial charge >= 0.3 is 0 Å². The fraction of sp³-hybridized carbons (Fsp3) is 0.0541. The molecule has 5 aromatic carbocycles. The third-order valence-corrected chi connectivity index (χ3v) is 7.72. The number of fused-ring (bicyclic) bond motifs is 3. The summed E-state index contributed by atoms with van der Waals surface area (Å²) in [5, 5.41) is 9.32. The van der Waals surface area contributed by atoms with Gasteiger partial charge in [-0.3, -0.25) is 0 Å². The quantitative estimate of drug-likeness (QED) is 0.235. The summed E-state index contributed by atoms with van der Waals surface area (Å²) >= 11 is 0. The van der Waals surface area contributed by atoms with Gasteiger partial charge in [0.1, 0.15) is 6.04 Å². The van der Waals surface area contributed by atoms with E-state index >= 15 is 0 Å². The number of allylic oxidation sites excluding steroid dienone is 2. The predicted octanol–water partition coefficient (Wildman–Crippen LogP) is 8.14. The SMILES string of the molecule is C=C/C(=C\C(N)C#N)c1ccc2c(c1)-c1cc(-c3ccccc3)ccc1C2(c1ccccc1)c1ccccc1. The Morgan fingerprint density at radius 1 is 0.692 bits per heavy atom. The molecule has 0 radical (unpaired) electrons. The molecule has 0 saturated heterocycles. The summed E-state index contributed by atoms with van der Waals surface area (Å²) in [6, 6.07) is 46.9. The van der Waals surface area contributed by atoms with E-state index in [9.17, 15) is 5.26 Å². The van der Waals surface area contributed by atoms with E-state index in [0.717, 1.165) is 11.1 Å². The molecule has 0 spiro atoms. The van der Waals surface area contributed by atoms with Gasteiger partial charge in [0.05, 0.1) is 11.5 Å². The number of benzene rings is 5. The molecule has 1 aliphatic rings. The van der Waals surface area contributed by atoms with Crippen LogP contribution < -0.4 is 5.73 Å². The van der Waals surface area contributed by atoms with Crippen molar-refractivity contribution >= 4 is 5.57 Å². The number of hydrogen-bond donors (Lipinski definition) is 1. The van der Waals surface area contributed by atoms with Gasteiger partial charge in [-0.1, -0.05) is 128 Å². The minimum atomic E-state index is -0.698. The minimum absolute atomic E-state index is 0.470. The van der Waals surface area contributed by atoms with Crippen LogP contribution in [0.15, 0.2) is 146 Å². The molecule has 2 N–H and O–H groups in total. The third kappa shape index (κ3) is 4.01. The van der Waals surface area contributed by atoms with Crippen LogP contribution in [0.3, 0.4) is 0 Å². The standard InChI is InChI=1S/C37H28N2/c1-2-26(22-32(39)25-38)28-18-20-35-33(23-28)34-24-29(27-12-6-3-7-13-27)19-21-36(34)37(35,30-14-8-4-9-15-30)31-16-10-5-11-17-31/h2-24,32H,1,39H2/b26-22+. The van der Waals surface area contributed by atoms with Gasteiger partial charge in [0.2, 0.25) is 0 Å². The summed E-state index contributed by atoms with van der Waals surface area (Å²) in [5.74, 6) is 0. The topological polar surface area (TPSA) is 49.8 Å². The molecule has 39 heavy (non-hydrogen) atoms. The van der Waals surface area contributed by atoms with Crippen LogP contribution in [0.2, 0.25) is 0 Å². The predicted molar refractivity (Wildman–Crippen MR) is 161 cm³/mol. The maximum absolute atomic E-state index is 9.32. The normalized spacial score (nSPS) is 14.1. The highest BCUT2D eigenvalue weighted by Crippen LogP contribution is 2.57. The molecular formula is C37H28N2. The van der Waals surface area contributed by atoms with Gasteiger partial charge in [-0.2, -0.15) is 5.26 Å². The second-order valence-electron chi connectivity index (χ2n) is 9.85. The molecule has 0 fully saturated rings. The van der Waals surface area contributed by atoms with Crippen molar-refractivity contribution in [3.8, 4) is 28.3 Å².